The van der Waals surface area contributed by atoms with Crippen molar-refractivity contribution in [2.24, 2.45) is 0 Å². The fourth-order valence-electron chi connectivity index (χ4n) is 2.03. The number of hydrogen-bond donors (Lipinski definition) is 0. The maximum Gasteiger partial charge on any atom is 0.332 e. The predicted octanol–water partition coefficient (Wildman–Crippen LogP) is 4.06. The fraction of sp³-hybridized carbons (Fsp3) is 0.118. The molecule has 0 saturated carbocycles. The summed E-state index contributed by atoms with van der Waals surface area (Å²) in [4.78, 5) is 10.2. The normalized spacial score (nSPS) is 10.8. The van der Waals surface area contributed by atoms with E-state index in [0.717, 1.165) is 0 Å². The summed E-state index contributed by atoms with van der Waals surface area (Å²) in [6.45, 7) is 4.95. The van der Waals surface area contributed by atoms with Gasteiger partial charge in [-0.1, -0.05) is 55.1 Å². The van der Waals surface area contributed by atoms with Crippen LogP contribution in [-0.4, -0.2) is 13.1 Å². The molecule has 0 heterocycles. The Bertz CT molecular complexity index is 625. The van der Waals surface area contributed by atoms with Crippen molar-refractivity contribution >= 4 is 28.9 Å². The van der Waals surface area contributed by atoms with E-state index in [2.05, 4.69) is 59.9 Å². The molecule has 0 atom stereocenters. The lowest BCUT2D eigenvalue weighted by Gasteiger charge is -1.99. The SMILES string of the molecule is C1=Cc2cccc3cccc1c23.C=C(C)C(=O)OC. The average molecular weight is 252 g/mol. The highest BCUT2D eigenvalue weighted by molar-refractivity contribution is 6.04. The Hall–Kier alpha value is -2.35. The van der Waals surface area contributed by atoms with Crippen LogP contribution in [0.25, 0.3) is 22.9 Å². The van der Waals surface area contributed by atoms with Gasteiger partial charge in [-0.15, -0.1) is 0 Å². The number of carbonyl (C=O) groups excluding carboxylic acids is 1. The summed E-state index contributed by atoms with van der Waals surface area (Å²) in [5.74, 6) is -0.347. The maximum absolute atomic E-state index is 10.2. The number of esters is 1. The molecule has 0 unspecified atom stereocenters. The molecule has 0 saturated heterocycles. The van der Waals surface area contributed by atoms with Gasteiger partial charge < -0.3 is 4.74 Å². The van der Waals surface area contributed by atoms with E-state index in [9.17, 15) is 4.79 Å². The van der Waals surface area contributed by atoms with Gasteiger partial charge in [0, 0.05) is 5.57 Å². The van der Waals surface area contributed by atoms with Gasteiger partial charge in [0.1, 0.15) is 0 Å². The second-order valence-electron chi connectivity index (χ2n) is 4.40. The highest BCUT2D eigenvalue weighted by Crippen LogP contribution is 2.30. The van der Waals surface area contributed by atoms with Gasteiger partial charge in [-0.05, 0) is 28.8 Å². The number of carbonyl (C=O) groups is 1. The third kappa shape index (κ3) is 2.74. The van der Waals surface area contributed by atoms with Crippen molar-refractivity contribution in [3.63, 3.8) is 0 Å². The van der Waals surface area contributed by atoms with E-state index in [1.165, 1.54) is 29.0 Å². The van der Waals surface area contributed by atoms with E-state index < -0.39 is 0 Å². The smallest absolute Gasteiger partial charge is 0.332 e. The Labute approximate surface area is 113 Å². The lowest BCUT2D eigenvalue weighted by molar-refractivity contribution is -0.136. The number of methoxy groups -OCH3 is 1. The van der Waals surface area contributed by atoms with Crippen LogP contribution in [-0.2, 0) is 9.53 Å². The highest BCUT2D eigenvalue weighted by atomic mass is 16.5. The first kappa shape index (κ1) is 13.1. The topological polar surface area (TPSA) is 26.3 Å². The zero-order valence-corrected chi connectivity index (χ0v) is 11.1. The van der Waals surface area contributed by atoms with E-state index >= 15 is 0 Å². The number of hydrogen-bond acceptors (Lipinski definition) is 2. The summed E-state index contributed by atoms with van der Waals surface area (Å²) in [6, 6.07) is 12.9. The molecule has 3 rings (SSSR count). The third-order valence-corrected chi connectivity index (χ3v) is 2.95. The van der Waals surface area contributed by atoms with Crippen molar-refractivity contribution in [3.8, 4) is 0 Å². The minimum Gasteiger partial charge on any atom is -0.466 e. The van der Waals surface area contributed by atoms with Crippen LogP contribution in [0, 0.1) is 0 Å². The van der Waals surface area contributed by atoms with Crippen LogP contribution < -0.4 is 0 Å². The quantitative estimate of drug-likeness (QED) is 0.482. The zero-order valence-electron chi connectivity index (χ0n) is 11.1. The van der Waals surface area contributed by atoms with Crippen LogP contribution in [0.15, 0.2) is 48.6 Å². The molecule has 96 valence electrons. The van der Waals surface area contributed by atoms with Crippen molar-refractivity contribution in [2.45, 2.75) is 6.92 Å². The van der Waals surface area contributed by atoms with Crippen LogP contribution in [0.1, 0.15) is 18.1 Å². The molecule has 0 bridgehead atoms. The van der Waals surface area contributed by atoms with Gasteiger partial charge in [0.2, 0.25) is 0 Å². The monoisotopic (exact) mass is 252 g/mol. The van der Waals surface area contributed by atoms with Gasteiger partial charge in [0.15, 0.2) is 0 Å². The van der Waals surface area contributed by atoms with Crippen LogP contribution in [0.3, 0.4) is 0 Å². The van der Waals surface area contributed by atoms with Crippen molar-refractivity contribution < 1.29 is 9.53 Å². The zero-order chi connectivity index (χ0) is 13.8. The Morgan fingerprint density at radius 1 is 1.05 bits per heavy atom. The van der Waals surface area contributed by atoms with E-state index in [0.29, 0.717) is 5.57 Å². The summed E-state index contributed by atoms with van der Waals surface area (Å²) in [6.07, 6.45) is 4.36. The predicted molar refractivity (Wildman–Crippen MR) is 79.7 cm³/mol. The van der Waals surface area contributed by atoms with Gasteiger partial charge in [0.25, 0.3) is 0 Å². The van der Waals surface area contributed by atoms with E-state index in [1.54, 1.807) is 6.92 Å². The van der Waals surface area contributed by atoms with Crippen molar-refractivity contribution in [1.29, 1.82) is 0 Å². The minimum absolute atomic E-state index is 0.347. The van der Waals surface area contributed by atoms with Crippen molar-refractivity contribution in [2.75, 3.05) is 7.11 Å². The highest BCUT2D eigenvalue weighted by Gasteiger charge is 2.06. The van der Waals surface area contributed by atoms with Gasteiger partial charge in [-0.3, -0.25) is 0 Å². The first-order valence-electron chi connectivity index (χ1n) is 6.07. The summed E-state index contributed by atoms with van der Waals surface area (Å²) in [5.41, 5.74) is 3.13. The molecule has 2 aromatic rings. The molecular formula is C17H16O2. The molecule has 0 N–H and O–H groups in total. The molecule has 0 radical (unpaired) electrons. The molecule has 2 aromatic carbocycles. The van der Waals surface area contributed by atoms with Gasteiger partial charge in [-0.2, -0.15) is 0 Å². The standard InChI is InChI=1S/C12H8.C5H8O2/c1-3-9-4-2-6-11-8-7-10(5-1)12(9)11;1-4(2)5(6)7-3/h1-8H;1H2,2-3H3. The molecule has 2 heteroatoms. The average Bonchev–Trinajstić information content (AvgIpc) is 2.85. The van der Waals surface area contributed by atoms with E-state index in [-0.39, 0.29) is 5.97 Å². The van der Waals surface area contributed by atoms with E-state index in [1.807, 2.05) is 0 Å². The second-order valence-corrected chi connectivity index (χ2v) is 4.40. The largest absolute Gasteiger partial charge is 0.466 e. The first-order valence-corrected chi connectivity index (χ1v) is 6.07. The van der Waals surface area contributed by atoms with Gasteiger partial charge in [-0.25, -0.2) is 4.79 Å². The Kier molecular flexibility index (Phi) is 3.81. The van der Waals surface area contributed by atoms with E-state index in [4.69, 9.17) is 0 Å². The summed E-state index contributed by atoms with van der Waals surface area (Å²) < 4.78 is 4.27. The van der Waals surface area contributed by atoms with Crippen LogP contribution >= 0.6 is 0 Å². The molecule has 19 heavy (non-hydrogen) atoms. The number of ether oxygens (including phenoxy) is 1. The molecule has 0 aliphatic heterocycles. The lowest BCUT2D eigenvalue weighted by atomic mass is 10.0. The van der Waals surface area contributed by atoms with Crippen LogP contribution in [0.4, 0.5) is 0 Å². The first-order chi connectivity index (χ1) is 9.13. The fourth-order valence-corrected chi connectivity index (χ4v) is 2.03. The molecule has 0 spiro atoms. The molecule has 0 aromatic heterocycles. The Morgan fingerprint density at radius 3 is 1.95 bits per heavy atom. The molecule has 0 fully saturated rings. The Morgan fingerprint density at radius 2 is 1.58 bits per heavy atom. The van der Waals surface area contributed by atoms with Gasteiger partial charge >= 0.3 is 5.97 Å². The summed E-state index contributed by atoms with van der Waals surface area (Å²) in [5, 5.41) is 2.75. The van der Waals surface area contributed by atoms with Crippen LogP contribution in [0.5, 0.6) is 0 Å². The molecule has 1 aliphatic rings. The second kappa shape index (κ2) is 5.53. The lowest BCUT2D eigenvalue weighted by Crippen LogP contribution is -1.98. The number of benzene rings is 2. The van der Waals surface area contributed by atoms with Gasteiger partial charge in [0.05, 0.1) is 7.11 Å². The van der Waals surface area contributed by atoms with Crippen LogP contribution in [0.2, 0.25) is 0 Å². The molecule has 0 amide bonds. The van der Waals surface area contributed by atoms with Crippen molar-refractivity contribution in [3.05, 3.63) is 59.7 Å². The molecular weight excluding hydrogens is 236 g/mol. The molecule has 2 nitrogen and oxygen atoms in total. The molecule has 1 aliphatic carbocycles. The minimum atomic E-state index is -0.347. The third-order valence-electron chi connectivity index (χ3n) is 2.95. The Balaban J connectivity index is 0.000000167. The summed E-state index contributed by atoms with van der Waals surface area (Å²) in [7, 11) is 1.33. The maximum atomic E-state index is 10.2. The van der Waals surface area contributed by atoms with Crippen molar-refractivity contribution in [1.82, 2.24) is 0 Å². The number of rotatable bonds is 1. The summed E-state index contributed by atoms with van der Waals surface area (Å²) >= 11 is 0.